The number of aromatic nitrogens is 5. The summed E-state index contributed by atoms with van der Waals surface area (Å²) < 4.78 is 63.2. The van der Waals surface area contributed by atoms with E-state index in [0.717, 1.165) is 12.4 Å². The van der Waals surface area contributed by atoms with Gasteiger partial charge in [0.2, 0.25) is 15.8 Å². The number of rotatable bonds is 3. The zero-order valence-corrected chi connectivity index (χ0v) is 14.9. The van der Waals surface area contributed by atoms with Crippen LogP contribution in [0.15, 0.2) is 28.8 Å². The van der Waals surface area contributed by atoms with Gasteiger partial charge in [0, 0.05) is 31.1 Å². The Morgan fingerprint density at radius 2 is 1.93 bits per heavy atom. The second kappa shape index (κ2) is 7.56. The Balaban J connectivity index is 1.64. The van der Waals surface area contributed by atoms with E-state index in [2.05, 4.69) is 37.0 Å². The molecule has 3 heterocycles. The van der Waals surface area contributed by atoms with Crippen molar-refractivity contribution >= 4 is 10.0 Å². The van der Waals surface area contributed by atoms with Gasteiger partial charge in [0.05, 0.1) is 5.56 Å². The Bertz CT molecular complexity index is 1110. The first kappa shape index (κ1) is 19.8. The van der Waals surface area contributed by atoms with Gasteiger partial charge < -0.3 is 0 Å². The van der Waals surface area contributed by atoms with Crippen LogP contribution in [0.1, 0.15) is 23.6 Å². The van der Waals surface area contributed by atoms with E-state index in [1.54, 1.807) is 6.08 Å². The average molecular weight is 414 g/mol. The molecule has 0 fully saturated rings. The molecule has 28 heavy (non-hydrogen) atoms. The van der Waals surface area contributed by atoms with Crippen LogP contribution in [-0.2, 0) is 22.0 Å². The van der Waals surface area contributed by atoms with Gasteiger partial charge >= 0.3 is 11.9 Å². The van der Waals surface area contributed by atoms with Crippen molar-refractivity contribution in [2.75, 3.05) is 13.1 Å². The highest BCUT2D eigenvalue weighted by Gasteiger charge is 2.34. The number of hydrogen-bond donors (Lipinski definition) is 2. The minimum atomic E-state index is -4.62. The average Bonchev–Trinajstić information content (AvgIpc) is 3.04. The molecular formula is C15H13F3N6O3S. The fourth-order valence-electron chi connectivity index (χ4n) is 2.35. The number of H-pyrrole nitrogens is 2. The molecule has 13 heteroatoms. The number of nitrogens with one attached hydrogen (secondary N) is 2. The fraction of sp³-hybridized carbons (Fsp3) is 0.333. The first-order valence-electron chi connectivity index (χ1n) is 7.85. The van der Waals surface area contributed by atoms with Gasteiger partial charge in [-0.2, -0.15) is 22.6 Å². The lowest BCUT2D eigenvalue weighted by atomic mass is 10.1. The van der Waals surface area contributed by atoms with E-state index < -0.39 is 33.5 Å². The normalized spacial score (nSPS) is 15.6. The van der Waals surface area contributed by atoms with E-state index in [0.29, 0.717) is 12.0 Å². The summed E-state index contributed by atoms with van der Waals surface area (Å²) in [7, 11) is -3.67. The van der Waals surface area contributed by atoms with Crippen LogP contribution >= 0.6 is 0 Å². The van der Waals surface area contributed by atoms with Crippen molar-refractivity contribution in [2.45, 2.75) is 18.3 Å². The third kappa shape index (κ3) is 4.84. The molecule has 0 unspecified atom stereocenters. The van der Waals surface area contributed by atoms with Crippen molar-refractivity contribution in [1.82, 2.24) is 29.5 Å². The Kier molecular flexibility index (Phi) is 5.34. The Labute approximate surface area is 156 Å². The Morgan fingerprint density at radius 1 is 1.21 bits per heavy atom. The lowest BCUT2D eigenvalue weighted by molar-refractivity contribution is -0.145. The molecule has 148 valence electrons. The van der Waals surface area contributed by atoms with Crippen molar-refractivity contribution in [2.24, 2.45) is 0 Å². The molecule has 0 radical (unpaired) electrons. The van der Waals surface area contributed by atoms with E-state index in [-0.39, 0.29) is 24.5 Å². The summed E-state index contributed by atoms with van der Waals surface area (Å²) in [5.74, 6) is 3.77. The van der Waals surface area contributed by atoms with Gasteiger partial charge in [-0.1, -0.05) is 17.9 Å². The van der Waals surface area contributed by atoms with Crippen LogP contribution in [0.4, 0.5) is 13.2 Å². The standard InChI is InChI=1S/C15H13F3N6O3S/c16-15(17,18)13-19-7-11(8-20-13)2-1-10-3-5-24(6-4-10)28(26,27)9-12-21-14(25)23-22-12/h3,7-8H,4-6,9H2,(H2,21,22,23,25). The Morgan fingerprint density at radius 3 is 2.46 bits per heavy atom. The number of aromatic amines is 2. The van der Waals surface area contributed by atoms with Crippen molar-refractivity contribution in [3.05, 3.63) is 51.7 Å². The van der Waals surface area contributed by atoms with Crippen LogP contribution in [0.5, 0.6) is 0 Å². The quantitative estimate of drug-likeness (QED) is 0.702. The molecule has 0 aliphatic carbocycles. The van der Waals surface area contributed by atoms with Gasteiger partial charge in [-0.25, -0.2) is 28.3 Å². The Hall–Kier alpha value is -2.98. The molecule has 2 aromatic heterocycles. The van der Waals surface area contributed by atoms with Crippen LogP contribution in [0, 0.1) is 11.8 Å². The largest absolute Gasteiger partial charge is 0.451 e. The molecule has 0 aromatic carbocycles. The third-order valence-corrected chi connectivity index (χ3v) is 5.46. The SMILES string of the molecule is O=c1[nH]nc(CS(=O)(=O)N2CC=C(C#Cc3cnc(C(F)(F)F)nc3)CC2)[nH]1. The smallest absolute Gasteiger partial charge is 0.292 e. The van der Waals surface area contributed by atoms with Gasteiger partial charge in [0.15, 0.2) is 0 Å². The molecule has 2 aromatic rings. The summed E-state index contributed by atoms with van der Waals surface area (Å²) in [5.41, 5.74) is 0.277. The van der Waals surface area contributed by atoms with Crippen LogP contribution in [0.2, 0.25) is 0 Å². The van der Waals surface area contributed by atoms with E-state index in [4.69, 9.17) is 0 Å². The number of alkyl halides is 3. The molecule has 2 N–H and O–H groups in total. The molecule has 0 amide bonds. The van der Waals surface area contributed by atoms with Gasteiger partial charge in [0.25, 0.3) is 0 Å². The van der Waals surface area contributed by atoms with Gasteiger partial charge in [-0.05, 0) is 6.42 Å². The summed E-state index contributed by atoms with van der Waals surface area (Å²) in [5, 5.41) is 5.67. The minimum absolute atomic E-state index is 0.0156. The molecule has 1 aliphatic rings. The van der Waals surface area contributed by atoms with Crippen LogP contribution in [0.25, 0.3) is 0 Å². The monoisotopic (exact) mass is 414 g/mol. The first-order valence-corrected chi connectivity index (χ1v) is 9.46. The summed E-state index contributed by atoms with van der Waals surface area (Å²) >= 11 is 0. The fourth-order valence-corrected chi connectivity index (χ4v) is 3.68. The maximum atomic E-state index is 12.4. The molecular weight excluding hydrogens is 401 g/mol. The van der Waals surface area contributed by atoms with Crippen molar-refractivity contribution in [1.29, 1.82) is 0 Å². The number of halogens is 3. The molecule has 9 nitrogen and oxygen atoms in total. The van der Waals surface area contributed by atoms with Crippen LogP contribution in [0.3, 0.4) is 0 Å². The molecule has 0 saturated heterocycles. The molecule has 0 atom stereocenters. The zero-order valence-electron chi connectivity index (χ0n) is 14.1. The summed E-state index contributed by atoms with van der Waals surface area (Å²) in [6.07, 6.45) is -0.700. The van der Waals surface area contributed by atoms with E-state index in [1.807, 2.05) is 0 Å². The maximum Gasteiger partial charge on any atom is 0.451 e. The second-order valence-corrected chi connectivity index (χ2v) is 7.73. The molecule has 0 saturated carbocycles. The van der Waals surface area contributed by atoms with Crippen LogP contribution < -0.4 is 5.69 Å². The topological polar surface area (TPSA) is 125 Å². The van der Waals surface area contributed by atoms with Gasteiger partial charge in [0.1, 0.15) is 11.6 Å². The lowest BCUT2D eigenvalue weighted by Gasteiger charge is -2.23. The molecule has 0 spiro atoms. The van der Waals surface area contributed by atoms with E-state index >= 15 is 0 Å². The first-order chi connectivity index (χ1) is 13.1. The van der Waals surface area contributed by atoms with Gasteiger partial charge in [-0.15, -0.1) is 0 Å². The highest BCUT2D eigenvalue weighted by Crippen LogP contribution is 2.25. The number of hydrogen-bond acceptors (Lipinski definition) is 6. The highest BCUT2D eigenvalue weighted by atomic mass is 32.2. The van der Waals surface area contributed by atoms with E-state index in [1.165, 1.54) is 4.31 Å². The predicted octanol–water partition coefficient (Wildman–Crippen LogP) is 0.420. The van der Waals surface area contributed by atoms with Crippen molar-refractivity contribution in [3.63, 3.8) is 0 Å². The minimum Gasteiger partial charge on any atom is -0.292 e. The van der Waals surface area contributed by atoms with Crippen molar-refractivity contribution < 1.29 is 21.6 Å². The summed E-state index contributed by atoms with van der Waals surface area (Å²) in [6, 6.07) is 0. The molecule has 3 rings (SSSR count). The lowest BCUT2D eigenvalue weighted by Crippen LogP contribution is -2.35. The second-order valence-electron chi connectivity index (χ2n) is 5.76. The van der Waals surface area contributed by atoms with E-state index in [9.17, 15) is 26.4 Å². The third-order valence-electron chi connectivity index (χ3n) is 3.71. The number of sulfonamides is 1. The van der Waals surface area contributed by atoms with Gasteiger partial charge in [-0.3, -0.25) is 4.98 Å². The van der Waals surface area contributed by atoms with Crippen LogP contribution in [-0.4, -0.2) is 51.0 Å². The zero-order chi connectivity index (χ0) is 20.4. The highest BCUT2D eigenvalue weighted by molar-refractivity contribution is 7.88. The predicted molar refractivity (Wildman–Crippen MR) is 90.0 cm³/mol. The maximum absolute atomic E-state index is 12.4. The molecule has 0 bridgehead atoms. The molecule has 1 aliphatic heterocycles. The summed E-state index contributed by atoms with van der Waals surface area (Å²) in [4.78, 5) is 19.7. The number of nitrogens with zero attached hydrogens (tertiary/aromatic N) is 4. The van der Waals surface area contributed by atoms with Crippen molar-refractivity contribution in [3.8, 4) is 11.8 Å². The summed E-state index contributed by atoms with van der Waals surface area (Å²) in [6.45, 7) is 0.269.